The minimum atomic E-state index is -4.72. The van der Waals surface area contributed by atoms with Crippen LogP contribution in [-0.2, 0) is 25.4 Å². The van der Waals surface area contributed by atoms with Gasteiger partial charge in [0.15, 0.2) is 0 Å². The zero-order valence-corrected chi connectivity index (χ0v) is 17.2. The smallest absolute Gasteiger partial charge is 0.418 e. The fraction of sp³-hybridized carbons (Fsp3) is 0.238. The summed E-state index contributed by atoms with van der Waals surface area (Å²) in [7, 11) is 0. The van der Waals surface area contributed by atoms with E-state index < -0.39 is 46.4 Å². The van der Waals surface area contributed by atoms with Gasteiger partial charge in [-0.3, -0.25) is 19.2 Å². The summed E-state index contributed by atoms with van der Waals surface area (Å²) in [4.78, 5) is 48.5. The van der Waals surface area contributed by atoms with Crippen LogP contribution in [0.15, 0.2) is 53.4 Å². The summed E-state index contributed by atoms with van der Waals surface area (Å²) in [5.74, 6) is -3.01. The summed E-state index contributed by atoms with van der Waals surface area (Å²) in [5, 5.41) is 10.2. The molecule has 3 amide bonds. The van der Waals surface area contributed by atoms with Gasteiger partial charge in [-0.1, -0.05) is 12.1 Å². The van der Waals surface area contributed by atoms with E-state index in [-0.39, 0.29) is 19.3 Å². The van der Waals surface area contributed by atoms with Crippen molar-refractivity contribution in [3.8, 4) is 0 Å². The Balaban J connectivity index is 1.69. The van der Waals surface area contributed by atoms with Crippen LogP contribution in [0.3, 0.4) is 0 Å². The number of nitrogens with zero attached hydrogens (tertiary/aromatic N) is 1. The van der Waals surface area contributed by atoms with E-state index >= 15 is 0 Å². The number of hydrogen-bond donors (Lipinski definition) is 2. The molecule has 1 aliphatic heterocycles. The standard InChI is InChI=1S/C21H17F3N2O5S/c22-21(23,24)14-3-1-2-4-15(14)26-18(28)11-16(20(26)31)32-13-7-5-12(6-8-13)25-17(27)9-10-19(29)30/h1-8,16H,9-11H2,(H,25,27)(H,29,30). The number of carbonyl (C=O) groups is 4. The van der Waals surface area contributed by atoms with Gasteiger partial charge in [-0.2, -0.15) is 13.2 Å². The normalized spacial score (nSPS) is 16.3. The minimum Gasteiger partial charge on any atom is -0.481 e. The lowest BCUT2D eigenvalue weighted by atomic mass is 10.1. The van der Waals surface area contributed by atoms with Crippen molar-refractivity contribution in [3.63, 3.8) is 0 Å². The topological polar surface area (TPSA) is 104 Å². The molecule has 2 N–H and O–H groups in total. The van der Waals surface area contributed by atoms with Crippen LogP contribution >= 0.6 is 11.8 Å². The van der Waals surface area contributed by atoms with E-state index in [1.807, 2.05) is 0 Å². The highest BCUT2D eigenvalue weighted by Crippen LogP contribution is 2.40. The molecule has 2 aromatic rings. The number of alkyl halides is 3. The van der Waals surface area contributed by atoms with E-state index in [9.17, 15) is 32.3 Å². The van der Waals surface area contributed by atoms with Gasteiger partial charge in [0, 0.05) is 23.4 Å². The highest BCUT2D eigenvalue weighted by Gasteiger charge is 2.44. The molecule has 32 heavy (non-hydrogen) atoms. The first kappa shape index (κ1) is 23.3. The zero-order chi connectivity index (χ0) is 23.5. The maximum Gasteiger partial charge on any atom is 0.418 e. The van der Waals surface area contributed by atoms with E-state index in [1.54, 1.807) is 24.3 Å². The van der Waals surface area contributed by atoms with Gasteiger partial charge < -0.3 is 10.4 Å². The third-order valence-electron chi connectivity index (χ3n) is 4.54. The molecule has 11 heteroatoms. The molecule has 2 aromatic carbocycles. The summed E-state index contributed by atoms with van der Waals surface area (Å²) in [6.07, 6.45) is -5.44. The summed E-state index contributed by atoms with van der Waals surface area (Å²) in [6, 6.07) is 10.7. The lowest BCUT2D eigenvalue weighted by Gasteiger charge is -2.20. The van der Waals surface area contributed by atoms with E-state index in [0.717, 1.165) is 23.9 Å². The van der Waals surface area contributed by atoms with Crippen molar-refractivity contribution in [2.24, 2.45) is 0 Å². The van der Waals surface area contributed by atoms with Crippen LogP contribution in [0, 0.1) is 0 Å². The molecule has 0 bridgehead atoms. The first-order valence-electron chi connectivity index (χ1n) is 9.37. The molecule has 168 valence electrons. The zero-order valence-electron chi connectivity index (χ0n) is 16.4. The van der Waals surface area contributed by atoms with Gasteiger partial charge in [-0.05, 0) is 36.4 Å². The number of carboxylic acid groups (broad SMARTS) is 1. The fourth-order valence-corrected chi connectivity index (χ4v) is 4.14. The molecule has 1 fully saturated rings. The van der Waals surface area contributed by atoms with Crippen molar-refractivity contribution in [3.05, 3.63) is 54.1 Å². The molecule has 3 rings (SSSR count). The number of nitrogens with one attached hydrogen (secondary N) is 1. The van der Waals surface area contributed by atoms with E-state index in [1.165, 1.54) is 12.1 Å². The Hall–Kier alpha value is -3.34. The molecule has 0 radical (unpaired) electrons. The van der Waals surface area contributed by atoms with E-state index in [4.69, 9.17) is 5.11 Å². The minimum absolute atomic E-state index is 0.181. The molecule has 0 spiro atoms. The third-order valence-corrected chi connectivity index (χ3v) is 5.74. The number of amides is 3. The molecule has 1 saturated heterocycles. The number of para-hydroxylation sites is 1. The number of carbonyl (C=O) groups excluding carboxylic acids is 3. The van der Waals surface area contributed by atoms with Crippen molar-refractivity contribution < 1.29 is 37.5 Å². The van der Waals surface area contributed by atoms with Gasteiger partial charge in [0.1, 0.15) is 0 Å². The summed E-state index contributed by atoms with van der Waals surface area (Å²) >= 11 is 1.03. The van der Waals surface area contributed by atoms with Crippen molar-refractivity contribution in [1.82, 2.24) is 0 Å². The second-order valence-corrected chi connectivity index (χ2v) is 8.14. The molecule has 1 aliphatic rings. The Morgan fingerprint density at radius 1 is 1.06 bits per heavy atom. The Morgan fingerprint density at radius 2 is 1.72 bits per heavy atom. The average Bonchev–Trinajstić information content (AvgIpc) is 3.00. The van der Waals surface area contributed by atoms with Crippen molar-refractivity contribution in [2.75, 3.05) is 10.2 Å². The lowest BCUT2D eigenvalue weighted by molar-refractivity contribution is -0.138. The SMILES string of the molecule is O=C(O)CCC(=O)Nc1ccc(SC2CC(=O)N(c3ccccc3C(F)(F)F)C2=O)cc1. The lowest BCUT2D eigenvalue weighted by Crippen LogP contribution is -2.33. The van der Waals surface area contributed by atoms with Crippen molar-refractivity contribution in [1.29, 1.82) is 0 Å². The van der Waals surface area contributed by atoms with E-state index in [0.29, 0.717) is 15.5 Å². The molecular weight excluding hydrogens is 449 g/mol. The molecule has 1 heterocycles. The number of aliphatic carboxylic acids is 1. The number of thioether (sulfide) groups is 1. The van der Waals surface area contributed by atoms with Gasteiger partial charge in [-0.25, -0.2) is 4.90 Å². The van der Waals surface area contributed by atoms with Crippen molar-refractivity contribution >= 4 is 46.8 Å². The molecule has 0 saturated carbocycles. The molecule has 0 aromatic heterocycles. The highest BCUT2D eigenvalue weighted by atomic mass is 32.2. The maximum atomic E-state index is 13.3. The number of imide groups is 1. The number of carboxylic acids is 1. The largest absolute Gasteiger partial charge is 0.481 e. The summed E-state index contributed by atoms with van der Waals surface area (Å²) < 4.78 is 39.9. The van der Waals surface area contributed by atoms with Crippen LogP contribution in [0.1, 0.15) is 24.8 Å². The maximum absolute atomic E-state index is 13.3. The Morgan fingerprint density at radius 3 is 2.34 bits per heavy atom. The fourth-order valence-electron chi connectivity index (χ4n) is 3.08. The quantitative estimate of drug-likeness (QED) is 0.600. The molecule has 1 unspecified atom stereocenters. The Kier molecular flexibility index (Phi) is 6.87. The number of rotatable bonds is 7. The second-order valence-electron chi connectivity index (χ2n) is 6.86. The second kappa shape index (κ2) is 9.43. The molecule has 0 aliphatic carbocycles. The summed E-state index contributed by atoms with van der Waals surface area (Å²) in [6.45, 7) is 0. The number of hydrogen-bond acceptors (Lipinski definition) is 5. The molecule has 1 atom stereocenters. The Labute approximate surface area is 184 Å². The van der Waals surface area contributed by atoms with Crippen LogP contribution < -0.4 is 10.2 Å². The van der Waals surface area contributed by atoms with Crippen LogP contribution in [0.2, 0.25) is 0 Å². The van der Waals surface area contributed by atoms with Gasteiger partial charge in [0.25, 0.3) is 0 Å². The third kappa shape index (κ3) is 5.47. The van der Waals surface area contributed by atoms with Gasteiger partial charge in [-0.15, -0.1) is 11.8 Å². The number of anilines is 2. The first-order valence-corrected chi connectivity index (χ1v) is 10.3. The first-order chi connectivity index (χ1) is 15.1. The predicted molar refractivity (Wildman–Crippen MR) is 110 cm³/mol. The van der Waals surface area contributed by atoms with Gasteiger partial charge >= 0.3 is 12.1 Å². The Bertz CT molecular complexity index is 1060. The predicted octanol–water partition coefficient (Wildman–Crippen LogP) is 3.93. The molecule has 7 nitrogen and oxygen atoms in total. The average molecular weight is 466 g/mol. The molecular formula is C21H17F3N2O5S. The number of benzene rings is 2. The van der Waals surface area contributed by atoms with Crippen molar-refractivity contribution in [2.45, 2.75) is 35.6 Å². The van der Waals surface area contributed by atoms with E-state index in [2.05, 4.69) is 5.32 Å². The monoisotopic (exact) mass is 466 g/mol. The summed E-state index contributed by atoms with van der Waals surface area (Å²) in [5.41, 5.74) is -1.13. The van der Waals surface area contributed by atoms with Gasteiger partial charge in [0.2, 0.25) is 17.7 Å². The van der Waals surface area contributed by atoms with Gasteiger partial charge in [0.05, 0.1) is 22.9 Å². The highest BCUT2D eigenvalue weighted by molar-refractivity contribution is 8.00. The van der Waals surface area contributed by atoms with Crippen LogP contribution in [-0.4, -0.2) is 34.0 Å². The van der Waals surface area contributed by atoms with Crippen LogP contribution in [0.5, 0.6) is 0 Å². The van der Waals surface area contributed by atoms with Crippen LogP contribution in [0.4, 0.5) is 24.5 Å². The van der Waals surface area contributed by atoms with Crippen LogP contribution in [0.25, 0.3) is 0 Å². The number of halogens is 3.